The number of carbonyl (C=O) groups excluding carboxylic acids is 2. The molecule has 0 spiro atoms. The van der Waals surface area contributed by atoms with Gasteiger partial charge in [0.1, 0.15) is 5.01 Å². The van der Waals surface area contributed by atoms with Crippen molar-refractivity contribution in [1.82, 2.24) is 14.8 Å². The van der Waals surface area contributed by atoms with Crippen molar-refractivity contribution in [3.05, 3.63) is 92.2 Å². The number of ketones is 1. The number of rotatable bonds is 9. The Morgan fingerprint density at radius 2 is 1.82 bits per heavy atom. The number of non-ortho nitro benzene ring substituents is 1. The van der Waals surface area contributed by atoms with E-state index in [2.05, 4.69) is 9.88 Å². The van der Waals surface area contributed by atoms with E-state index in [1.165, 1.54) is 40.5 Å². The lowest BCUT2D eigenvalue weighted by Crippen LogP contribution is -2.39. The van der Waals surface area contributed by atoms with Crippen LogP contribution in [0.3, 0.4) is 0 Å². The summed E-state index contributed by atoms with van der Waals surface area (Å²) in [5.74, 6) is -1.70. The first-order valence-corrected chi connectivity index (χ1v) is 13.5. The van der Waals surface area contributed by atoms with Gasteiger partial charge in [-0.2, -0.15) is 0 Å². The van der Waals surface area contributed by atoms with Crippen LogP contribution in [-0.4, -0.2) is 75.9 Å². The summed E-state index contributed by atoms with van der Waals surface area (Å²) in [6.45, 7) is 5.70. The maximum Gasteiger partial charge on any atom is 0.290 e. The number of amides is 1. The van der Waals surface area contributed by atoms with E-state index in [0.29, 0.717) is 47.3 Å². The number of aliphatic hydroxyl groups is 1. The second kappa shape index (κ2) is 11.4. The second-order valence-electron chi connectivity index (χ2n) is 9.45. The number of morpholine rings is 1. The Morgan fingerprint density at radius 3 is 2.49 bits per heavy atom. The van der Waals surface area contributed by atoms with E-state index < -0.39 is 28.4 Å². The Labute approximate surface area is 229 Å². The fraction of sp³-hybridized carbons (Fsp3) is 0.321. The molecule has 11 heteroatoms. The molecule has 3 heterocycles. The number of thiazole rings is 1. The number of nitro benzene ring substituents is 1. The summed E-state index contributed by atoms with van der Waals surface area (Å²) in [7, 11) is 0. The quantitative estimate of drug-likeness (QED) is 0.238. The van der Waals surface area contributed by atoms with Crippen LogP contribution in [0.2, 0.25) is 0 Å². The molecular weight excluding hydrogens is 520 g/mol. The van der Waals surface area contributed by atoms with Gasteiger partial charge in [-0.15, -0.1) is 11.3 Å². The molecule has 5 rings (SSSR count). The molecule has 1 amide bonds. The molecule has 1 N–H and O–H groups in total. The minimum absolute atomic E-state index is 0.0356. The number of benzene rings is 2. The molecule has 2 aromatic carbocycles. The van der Waals surface area contributed by atoms with Crippen molar-refractivity contribution in [2.75, 3.05) is 39.4 Å². The van der Waals surface area contributed by atoms with Crippen LogP contribution >= 0.6 is 11.3 Å². The number of Topliss-reactive ketones (excluding diaryl/α,β-unsaturated/α-hetero) is 1. The third-order valence-electron chi connectivity index (χ3n) is 6.97. The molecule has 0 radical (unpaired) electrons. The minimum atomic E-state index is -0.878. The number of carbonyl (C=O) groups is 2. The summed E-state index contributed by atoms with van der Waals surface area (Å²) in [4.78, 5) is 46.6. The number of hydrogen-bond acceptors (Lipinski definition) is 9. The number of aromatic nitrogens is 1. The molecule has 39 heavy (non-hydrogen) atoms. The zero-order valence-electron chi connectivity index (χ0n) is 21.4. The van der Waals surface area contributed by atoms with Crippen LogP contribution in [0.4, 0.5) is 5.69 Å². The first kappa shape index (κ1) is 26.7. The maximum atomic E-state index is 13.9. The summed E-state index contributed by atoms with van der Waals surface area (Å²) in [6, 6.07) is 14.3. The third kappa shape index (κ3) is 5.47. The van der Waals surface area contributed by atoms with E-state index in [1.807, 2.05) is 30.3 Å². The van der Waals surface area contributed by atoms with Gasteiger partial charge in [0.2, 0.25) is 5.78 Å². The predicted octanol–water partition coefficient (Wildman–Crippen LogP) is 4.33. The van der Waals surface area contributed by atoms with Crippen molar-refractivity contribution in [3.8, 4) is 10.6 Å². The lowest BCUT2D eigenvalue weighted by atomic mass is 9.95. The number of aryl methyl sites for hydroxylation is 1. The van der Waals surface area contributed by atoms with Gasteiger partial charge in [-0.05, 0) is 31.0 Å². The Bertz CT molecular complexity index is 1410. The van der Waals surface area contributed by atoms with E-state index >= 15 is 0 Å². The minimum Gasteiger partial charge on any atom is -0.503 e. The van der Waals surface area contributed by atoms with Gasteiger partial charge in [-0.3, -0.25) is 24.6 Å². The van der Waals surface area contributed by atoms with Crippen LogP contribution in [0, 0.1) is 17.0 Å². The van der Waals surface area contributed by atoms with Crippen LogP contribution in [0.5, 0.6) is 0 Å². The van der Waals surface area contributed by atoms with Crippen LogP contribution in [0.1, 0.15) is 33.4 Å². The molecule has 1 unspecified atom stereocenters. The van der Waals surface area contributed by atoms with E-state index in [4.69, 9.17) is 4.74 Å². The number of hydrogen-bond donors (Lipinski definition) is 1. The summed E-state index contributed by atoms with van der Waals surface area (Å²) in [5.41, 5.74) is 1.74. The van der Waals surface area contributed by atoms with Crippen molar-refractivity contribution in [3.63, 3.8) is 0 Å². The molecule has 0 aliphatic carbocycles. The summed E-state index contributed by atoms with van der Waals surface area (Å²) >= 11 is 1.21. The van der Waals surface area contributed by atoms with Gasteiger partial charge >= 0.3 is 0 Å². The monoisotopic (exact) mass is 548 g/mol. The van der Waals surface area contributed by atoms with Gasteiger partial charge in [0, 0.05) is 43.9 Å². The normalized spacial score (nSPS) is 18.1. The smallest absolute Gasteiger partial charge is 0.290 e. The third-order valence-corrected chi connectivity index (χ3v) is 8.17. The molecular formula is C28H28N4O6S. The van der Waals surface area contributed by atoms with Crippen molar-refractivity contribution in [1.29, 1.82) is 0 Å². The average molecular weight is 549 g/mol. The Kier molecular flexibility index (Phi) is 7.82. The van der Waals surface area contributed by atoms with Gasteiger partial charge in [0.25, 0.3) is 11.6 Å². The number of nitrogens with zero attached hydrogens (tertiary/aromatic N) is 4. The number of aliphatic hydroxyl groups excluding tert-OH is 1. The van der Waals surface area contributed by atoms with E-state index in [9.17, 15) is 24.8 Å². The van der Waals surface area contributed by atoms with E-state index in [-0.39, 0.29) is 11.3 Å². The molecule has 1 fully saturated rings. The molecule has 0 bridgehead atoms. The van der Waals surface area contributed by atoms with Crippen LogP contribution in [0.15, 0.2) is 65.9 Å². The van der Waals surface area contributed by atoms with Crippen molar-refractivity contribution in [2.45, 2.75) is 19.4 Å². The highest BCUT2D eigenvalue weighted by Crippen LogP contribution is 2.41. The SMILES string of the molecule is Cc1nc(-c2ccccc2)sc1C(=O)C1=C(O)C(=O)N(CCCN2CCOCC2)C1c1ccc([N+](=O)[O-])cc1. The van der Waals surface area contributed by atoms with E-state index in [0.717, 1.165) is 25.2 Å². The first-order valence-electron chi connectivity index (χ1n) is 12.7. The Balaban J connectivity index is 1.47. The molecule has 1 atom stereocenters. The fourth-order valence-electron chi connectivity index (χ4n) is 4.96. The molecule has 2 aliphatic rings. The van der Waals surface area contributed by atoms with Crippen molar-refractivity contribution in [2.24, 2.45) is 0 Å². The van der Waals surface area contributed by atoms with Gasteiger partial charge in [-0.1, -0.05) is 30.3 Å². The van der Waals surface area contributed by atoms with Crippen LogP contribution in [-0.2, 0) is 9.53 Å². The Morgan fingerprint density at radius 1 is 1.13 bits per heavy atom. The highest BCUT2D eigenvalue weighted by Gasteiger charge is 2.44. The number of nitro groups is 1. The van der Waals surface area contributed by atoms with Gasteiger partial charge in [0.15, 0.2) is 5.76 Å². The fourth-order valence-corrected chi connectivity index (χ4v) is 5.99. The zero-order valence-corrected chi connectivity index (χ0v) is 22.2. The zero-order chi connectivity index (χ0) is 27.5. The second-order valence-corrected chi connectivity index (χ2v) is 10.4. The maximum absolute atomic E-state index is 13.9. The van der Waals surface area contributed by atoms with Crippen molar-refractivity contribution >= 4 is 28.7 Å². The summed E-state index contributed by atoms with van der Waals surface area (Å²) in [5, 5.41) is 22.9. The molecule has 3 aromatic rings. The first-order chi connectivity index (χ1) is 18.8. The summed E-state index contributed by atoms with van der Waals surface area (Å²) < 4.78 is 5.40. The highest BCUT2D eigenvalue weighted by molar-refractivity contribution is 7.17. The average Bonchev–Trinajstić information content (AvgIpc) is 3.46. The number of ether oxygens (including phenoxy) is 1. The predicted molar refractivity (Wildman–Crippen MR) is 146 cm³/mol. The molecule has 1 aromatic heterocycles. The molecule has 10 nitrogen and oxygen atoms in total. The van der Waals surface area contributed by atoms with Crippen molar-refractivity contribution < 1.29 is 24.4 Å². The lowest BCUT2D eigenvalue weighted by molar-refractivity contribution is -0.384. The van der Waals surface area contributed by atoms with Gasteiger partial charge in [0.05, 0.1) is 40.3 Å². The lowest BCUT2D eigenvalue weighted by Gasteiger charge is -2.30. The van der Waals surface area contributed by atoms with Crippen LogP contribution in [0.25, 0.3) is 10.6 Å². The van der Waals surface area contributed by atoms with Crippen LogP contribution < -0.4 is 0 Å². The molecule has 1 saturated heterocycles. The van der Waals surface area contributed by atoms with Gasteiger partial charge < -0.3 is 14.7 Å². The summed E-state index contributed by atoms with van der Waals surface area (Å²) in [6.07, 6.45) is 0.627. The standard InChI is InChI=1S/C28H28N4O6S/c1-18-26(39-27(29-18)20-6-3-2-4-7-20)24(33)22-23(19-8-10-21(11-9-19)32(36)37)31(28(35)25(22)34)13-5-12-30-14-16-38-17-15-30/h2-4,6-11,23,34H,5,12-17H2,1H3. The molecule has 202 valence electrons. The molecule has 0 saturated carbocycles. The van der Waals surface area contributed by atoms with E-state index in [1.54, 1.807) is 6.92 Å². The van der Waals surface area contributed by atoms with Gasteiger partial charge in [-0.25, -0.2) is 4.98 Å². The topological polar surface area (TPSA) is 126 Å². The molecule has 2 aliphatic heterocycles. The highest BCUT2D eigenvalue weighted by atomic mass is 32.1. The largest absolute Gasteiger partial charge is 0.503 e. The Hall–Kier alpha value is -3.93.